The SMILES string of the molecule is COc1ccc(-c2cc(C(=O)NC[C@@H](c3ccccc3Cl)N3CCCCCC3)no2)cc1. The van der Waals surface area contributed by atoms with Gasteiger partial charge < -0.3 is 14.6 Å². The summed E-state index contributed by atoms with van der Waals surface area (Å²) in [6.45, 7) is 2.45. The Morgan fingerprint density at radius 1 is 1.12 bits per heavy atom. The molecule has 2 heterocycles. The van der Waals surface area contributed by atoms with Crippen LogP contribution in [0.15, 0.2) is 59.1 Å². The largest absolute Gasteiger partial charge is 0.497 e. The van der Waals surface area contributed by atoms with E-state index in [0.29, 0.717) is 12.3 Å². The van der Waals surface area contributed by atoms with Crippen molar-refractivity contribution in [3.63, 3.8) is 0 Å². The maximum atomic E-state index is 12.9. The van der Waals surface area contributed by atoms with Crippen molar-refractivity contribution in [1.29, 1.82) is 0 Å². The van der Waals surface area contributed by atoms with Crippen molar-refractivity contribution < 1.29 is 14.1 Å². The van der Waals surface area contributed by atoms with Gasteiger partial charge in [-0.15, -0.1) is 0 Å². The zero-order chi connectivity index (χ0) is 22.3. The number of hydrogen-bond donors (Lipinski definition) is 1. The number of carbonyl (C=O) groups excluding carboxylic acids is 1. The van der Waals surface area contributed by atoms with Gasteiger partial charge >= 0.3 is 0 Å². The second-order valence-corrected chi connectivity index (χ2v) is 8.41. The van der Waals surface area contributed by atoms with E-state index in [-0.39, 0.29) is 17.6 Å². The topological polar surface area (TPSA) is 67.6 Å². The van der Waals surface area contributed by atoms with Crippen molar-refractivity contribution in [2.75, 3.05) is 26.7 Å². The van der Waals surface area contributed by atoms with Gasteiger partial charge in [0.25, 0.3) is 5.91 Å². The predicted molar refractivity (Wildman–Crippen MR) is 125 cm³/mol. The number of rotatable bonds is 7. The Hall–Kier alpha value is -2.83. The predicted octanol–water partition coefficient (Wildman–Crippen LogP) is 5.35. The van der Waals surface area contributed by atoms with Crippen LogP contribution in [0.2, 0.25) is 5.02 Å². The first-order valence-corrected chi connectivity index (χ1v) is 11.4. The molecule has 1 aliphatic rings. The Balaban J connectivity index is 1.47. The second-order valence-electron chi connectivity index (χ2n) is 8.00. The molecule has 1 saturated heterocycles. The first-order valence-electron chi connectivity index (χ1n) is 11.0. The van der Waals surface area contributed by atoms with Gasteiger partial charge in [0.2, 0.25) is 0 Å². The van der Waals surface area contributed by atoms with Gasteiger partial charge in [-0.3, -0.25) is 9.69 Å². The molecule has 1 amide bonds. The zero-order valence-corrected chi connectivity index (χ0v) is 19.0. The first-order chi connectivity index (χ1) is 15.7. The van der Waals surface area contributed by atoms with E-state index in [1.54, 1.807) is 13.2 Å². The second kappa shape index (κ2) is 10.7. The number of aromatic nitrogens is 1. The summed E-state index contributed by atoms with van der Waals surface area (Å²) in [5, 5.41) is 7.74. The lowest BCUT2D eigenvalue weighted by Crippen LogP contribution is -2.39. The molecule has 32 heavy (non-hydrogen) atoms. The van der Waals surface area contributed by atoms with Crippen LogP contribution in [-0.2, 0) is 0 Å². The number of nitrogens with zero attached hydrogens (tertiary/aromatic N) is 2. The van der Waals surface area contributed by atoms with E-state index >= 15 is 0 Å². The van der Waals surface area contributed by atoms with Gasteiger partial charge in [0.15, 0.2) is 11.5 Å². The van der Waals surface area contributed by atoms with Crippen LogP contribution < -0.4 is 10.1 Å². The number of likely N-dealkylation sites (tertiary alicyclic amines) is 1. The standard InChI is InChI=1S/C25H28ClN3O3/c1-31-19-12-10-18(11-13-19)24-16-22(28-32-24)25(30)27-17-23(20-8-4-5-9-21(20)26)29-14-6-2-3-7-15-29/h4-5,8-13,16,23H,2-3,6-7,14-15,17H2,1H3,(H,27,30)/t23-/m0/s1. The van der Waals surface area contributed by atoms with Gasteiger partial charge in [0.05, 0.1) is 13.2 Å². The molecule has 1 aromatic heterocycles. The van der Waals surface area contributed by atoms with Crippen LogP contribution in [0.25, 0.3) is 11.3 Å². The summed E-state index contributed by atoms with van der Waals surface area (Å²) in [5.74, 6) is 1.03. The molecular weight excluding hydrogens is 426 g/mol. The molecule has 0 unspecified atom stereocenters. The summed E-state index contributed by atoms with van der Waals surface area (Å²) >= 11 is 6.53. The van der Waals surface area contributed by atoms with Crippen molar-refractivity contribution in [3.8, 4) is 17.1 Å². The summed E-state index contributed by atoms with van der Waals surface area (Å²) in [6, 6.07) is 17.0. The fourth-order valence-corrected chi connectivity index (χ4v) is 4.40. The Labute approximate surface area is 193 Å². The third-order valence-electron chi connectivity index (χ3n) is 5.92. The van der Waals surface area contributed by atoms with Crippen LogP contribution in [0.3, 0.4) is 0 Å². The van der Waals surface area contributed by atoms with Crippen LogP contribution >= 0.6 is 11.6 Å². The van der Waals surface area contributed by atoms with Gasteiger partial charge in [0, 0.05) is 23.2 Å². The van der Waals surface area contributed by atoms with Crippen LogP contribution in [0.1, 0.15) is 47.8 Å². The molecule has 0 spiro atoms. The van der Waals surface area contributed by atoms with E-state index in [1.807, 2.05) is 48.5 Å². The van der Waals surface area contributed by atoms with E-state index in [0.717, 1.165) is 47.8 Å². The molecule has 0 saturated carbocycles. The van der Waals surface area contributed by atoms with Crippen LogP contribution in [-0.4, -0.2) is 42.7 Å². The molecule has 0 radical (unpaired) electrons. The van der Waals surface area contributed by atoms with E-state index in [9.17, 15) is 4.79 Å². The fourth-order valence-electron chi connectivity index (χ4n) is 4.14. The Morgan fingerprint density at radius 3 is 2.53 bits per heavy atom. The maximum absolute atomic E-state index is 12.9. The lowest BCUT2D eigenvalue weighted by molar-refractivity contribution is 0.0924. The number of carbonyl (C=O) groups is 1. The average molecular weight is 454 g/mol. The van der Waals surface area contributed by atoms with Gasteiger partial charge in [-0.25, -0.2) is 0 Å². The average Bonchev–Trinajstić information content (AvgIpc) is 3.17. The zero-order valence-electron chi connectivity index (χ0n) is 18.2. The molecule has 1 N–H and O–H groups in total. The highest BCUT2D eigenvalue weighted by Crippen LogP contribution is 2.29. The Kier molecular flexibility index (Phi) is 7.45. The monoisotopic (exact) mass is 453 g/mol. The third-order valence-corrected chi connectivity index (χ3v) is 6.26. The van der Waals surface area contributed by atoms with Gasteiger partial charge in [-0.1, -0.05) is 47.8 Å². The molecule has 1 fully saturated rings. The summed E-state index contributed by atoms with van der Waals surface area (Å²) in [6.07, 6.45) is 4.79. The Morgan fingerprint density at radius 2 is 1.84 bits per heavy atom. The fraction of sp³-hybridized carbons (Fsp3) is 0.360. The van der Waals surface area contributed by atoms with E-state index in [4.69, 9.17) is 20.9 Å². The summed E-state index contributed by atoms with van der Waals surface area (Å²) in [4.78, 5) is 15.3. The number of benzene rings is 2. The molecule has 4 rings (SSSR count). The smallest absolute Gasteiger partial charge is 0.273 e. The molecule has 0 bridgehead atoms. The molecule has 6 nitrogen and oxygen atoms in total. The molecule has 3 aromatic rings. The first kappa shape index (κ1) is 22.4. The minimum atomic E-state index is -0.264. The molecule has 2 aromatic carbocycles. The van der Waals surface area contributed by atoms with E-state index < -0.39 is 0 Å². The summed E-state index contributed by atoms with van der Waals surface area (Å²) < 4.78 is 10.6. The maximum Gasteiger partial charge on any atom is 0.273 e. The van der Waals surface area contributed by atoms with Crippen LogP contribution in [0.4, 0.5) is 0 Å². The minimum Gasteiger partial charge on any atom is -0.497 e. The number of nitrogens with one attached hydrogen (secondary N) is 1. The quantitative estimate of drug-likeness (QED) is 0.522. The summed E-state index contributed by atoms with van der Waals surface area (Å²) in [5.41, 5.74) is 2.12. The number of amides is 1. The number of ether oxygens (including phenoxy) is 1. The van der Waals surface area contributed by atoms with Crippen molar-refractivity contribution in [3.05, 3.63) is 70.9 Å². The molecule has 7 heteroatoms. The van der Waals surface area contributed by atoms with Crippen LogP contribution in [0.5, 0.6) is 5.75 Å². The van der Waals surface area contributed by atoms with Crippen molar-refractivity contribution in [2.24, 2.45) is 0 Å². The van der Waals surface area contributed by atoms with Crippen LogP contribution in [0, 0.1) is 0 Å². The van der Waals surface area contributed by atoms with Gasteiger partial charge in [-0.2, -0.15) is 0 Å². The lowest BCUT2D eigenvalue weighted by Gasteiger charge is -2.31. The highest BCUT2D eigenvalue weighted by atomic mass is 35.5. The highest BCUT2D eigenvalue weighted by Gasteiger charge is 2.25. The molecule has 0 aliphatic carbocycles. The molecular formula is C25H28ClN3O3. The van der Waals surface area contributed by atoms with Crippen molar-refractivity contribution >= 4 is 17.5 Å². The Bertz CT molecular complexity index is 1030. The van der Waals surface area contributed by atoms with Crippen molar-refractivity contribution in [2.45, 2.75) is 31.7 Å². The summed E-state index contributed by atoms with van der Waals surface area (Å²) in [7, 11) is 1.62. The number of methoxy groups -OCH3 is 1. The third kappa shape index (κ3) is 5.31. The van der Waals surface area contributed by atoms with E-state index in [1.165, 1.54) is 12.8 Å². The lowest BCUT2D eigenvalue weighted by atomic mass is 10.0. The van der Waals surface area contributed by atoms with Gasteiger partial charge in [-0.05, 0) is 61.8 Å². The van der Waals surface area contributed by atoms with E-state index in [2.05, 4.69) is 15.4 Å². The normalized spacial score (nSPS) is 15.7. The molecule has 1 atom stereocenters. The van der Waals surface area contributed by atoms with Gasteiger partial charge in [0.1, 0.15) is 5.75 Å². The molecule has 1 aliphatic heterocycles. The van der Waals surface area contributed by atoms with Crippen molar-refractivity contribution in [1.82, 2.24) is 15.4 Å². The number of halogens is 1. The highest BCUT2D eigenvalue weighted by molar-refractivity contribution is 6.31. The molecule has 168 valence electrons. The number of hydrogen-bond acceptors (Lipinski definition) is 5. The minimum absolute atomic E-state index is 0.0127.